The van der Waals surface area contributed by atoms with Crippen molar-refractivity contribution in [2.45, 2.75) is 49.6 Å². The minimum atomic E-state index is 0.469. The third kappa shape index (κ3) is 2.38. The van der Waals surface area contributed by atoms with Gasteiger partial charge in [0.1, 0.15) is 0 Å². The zero-order chi connectivity index (χ0) is 18.5. The molecule has 2 heterocycles. The Balaban J connectivity index is 1.52. The maximum atomic E-state index is 2.83. The second kappa shape index (κ2) is 6.51. The van der Waals surface area contributed by atoms with Crippen molar-refractivity contribution in [2.75, 3.05) is 4.90 Å². The Morgan fingerprint density at radius 2 is 1.32 bits per heavy atom. The molecule has 5 atom stereocenters. The first-order chi connectivity index (χ1) is 13.9. The number of rotatable bonds is 2. The molecule has 0 aromatic heterocycles. The summed E-state index contributed by atoms with van der Waals surface area (Å²) in [4.78, 5) is 2.83. The number of para-hydroxylation sites is 1. The molecule has 1 heteroatoms. The fourth-order valence-electron chi connectivity index (χ4n) is 6.55. The molecule has 28 heavy (non-hydrogen) atoms. The van der Waals surface area contributed by atoms with Gasteiger partial charge in [-0.25, -0.2) is 0 Å². The molecule has 0 radical (unpaired) electrons. The van der Waals surface area contributed by atoms with E-state index in [0.29, 0.717) is 23.9 Å². The first-order valence-electron chi connectivity index (χ1n) is 10.9. The minimum absolute atomic E-state index is 0.469. The molecule has 0 N–H and O–H groups in total. The van der Waals surface area contributed by atoms with E-state index in [4.69, 9.17) is 0 Å². The Labute approximate surface area is 168 Å². The van der Waals surface area contributed by atoms with Gasteiger partial charge in [-0.15, -0.1) is 0 Å². The largest absolute Gasteiger partial charge is 0.360 e. The monoisotopic (exact) mass is 365 g/mol. The lowest BCUT2D eigenvalue weighted by molar-refractivity contribution is 0.176. The molecule has 1 saturated heterocycles. The van der Waals surface area contributed by atoms with Crippen LogP contribution in [-0.2, 0) is 0 Å². The van der Waals surface area contributed by atoms with E-state index in [2.05, 4.69) is 89.8 Å². The number of anilines is 1. The highest BCUT2D eigenvalue weighted by atomic mass is 15.2. The minimum Gasteiger partial charge on any atom is -0.360 e. The summed E-state index contributed by atoms with van der Waals surface area (Å²) in [5, 5.41) is 0. The van der Waals surface area contributed by atoms with Crippen molar-refractivity contribution in [3.63, 3.8) is 0 Å². The number of hydrogen-bond acceptors (Lipinski definition) is 1. The van der Waals surface area contributed by atoms with Gasteiger partial charge in [-0.2, -0.15) is 0 Å². The van der Waals surface area contributed by atoms with Crippen LogP contribution in [0.1, 0.15) is 60.3 Å². The van der Waals surface area contributed by atoms with Gasteiger partial charge in [0.25, 0.3) is 0 Å². The average Bonchev–Trinajstić information content (AvgIpc) is 3.12. The molecule has 2 fully saturated rings. The summed E-state index contributed by atoms with van der Waals surface area (Å²) >= 11 is 0. The molecule has 2 aliphatic heterocycles. The lowest BCUT2D eigenvalue weighted by Crippen LogP contribution is -2.51. The maximum absolute atomic E-state index is 2.83. The molecule has 3 aromatic rings. The average molecular weight is 366 g/mol. The highest BCUT2D eigenvalue weighted by molar-refractivity contribution is 5.65. The lowest BCUT2D eigenvalue weighted by Gasteiger charge is -2.52. The molecule has 0 amide bonds. The predicted octanol–water partition coefficient (Wildman–Crippen LogP) is 6.69. The van der Waals surface area contributed by atoms with Gasteiger partial charge in [0.15, 0.2) is 0 Å². The lowest BCUT2D eigenvalue weighted by atomic mass is 9.64. The molecular formula is C27H27N. The summed E-state index contributed by atoms with van der Waals surface area (Å²) in [5.74, 6) is 2.12. The second-order valence-corrected chi connectivity index (χ2v) is 8.84. The smallest absolute Gasteiger partial charge is 0.0551 e. The van der Waals surface area contributed by atoms with Crippen LogP contribution in [0.5, 0.6) is 0 Å². The van der Waals surface area contributed by atoms with Crippen LogP contribution < -0.4 is 4.90 Å². The molecule has 1 aliphatic carbocycles. The second-order valence-electron chi connectivity index (χ2n) is 8.84. The summed E-state index contributed by atoms with van der Waals surface area (Å²) in [5.41, 5.74) is 6.13. The fourth-order valence-corrected chi connectivity index (χ4v) is 6.55. The summed E-state index contributed by atoms with van der Waals surface area (Å²) < 4.78 is 0. The third-order valence-electron chi connectivity index (χ3n) is 7.58. The van der Waals surface area contributed by atoms with E-state index in [0.717, 1.165) is 5.92 Å². The normalized spacial score (nSPS) is 30.6. The molecule has 1 saturated carbocycles. The highest BCUT2D eigenvalue weighted by Crippen LogP contribution is 2.60. The van der Waals surface area contributed by atoms with E-state index >= 15 is 0 Å². The number of fused-ring (bicyclic) bond motifs is 3. The van der Waals surface area contributed by atoms with E-state index < -0.39 is 0 Å². The maximum Gasteiger partial charge on any atom is 0.0551 e. The van der Waals surface area contributed by atoms with Crippen LogP contribution in [0.2, 0.25) is 0 Å². The number of benzene rings is 3. The Bertz CT molecular complexity index is 964. The number of hydrogen-bond donors (Lipinski definition) is 0. The summed E-state index contributed by atoms with van der Waals surface area (Å²) in [6, 6.07) is 33.0. The van der Waals surface area contributed by atoms with Crippen LogP contribution in [0.4, 0.5) is 5.69 Å². The molecule has 1 nitrogen and oxygen atoms in total. The molecular weight excluding hydrogens is 338 g/mol. The number of piperidine rings is 1. The molecule has 3 aromatic carbocycles. The van der Waals surface area contributed by atoms with Crippen LogP contribution in [-0.4, -0.2) is 6.04 Å². The van der Waals surface area contributed by atoms with Crippen molar-refractivity contribution in [1.82, 2.24) is 0 Å². The summed E-state index contributed by atoms with van der Waals surface area (Å²) in [6.07, 6.45) is 5.30. The van der Waals surface area contributed by atoms with E-state index in [-0.39, 0.29) is 0 Å². The van der Waals surface area contributed by atoms with Gasteiger partial charge in [0, 0.05) is 17.6 Å². The van der Waals surface area contributed by atoms with Crippen molar-refractivity contribution >= 4 is 5.69 Å². The standard InChI is InChI=1S/C27H27N/c1-3-10-19(11-4-1)24-18-26(20-12-5-2-6-13-20)28-25-17-8-7-14-21(25)22-15-9-16-23(24)27(22)28/h1-8,10-14,17,22-24,26-27H,9,15-16,18H2/t22-,23-,24-,26+,27-/m1/s1. The van der Waals surface area contributed by atoms with Crippen molar-refractivity contribution in [3.8, 4) is 0 Å². The number of nitrogens with zero attached hydrogens (tertiary/aromatic N) is 1. The molecule has 6 rings (SSSR count). The molecule has 0 bridgehead atoms. The van der Waals surface area contributed by atoms with Crippen LogP contribution in [0.3, 0.4) is 0 Å². The van der Waals surface area contributed by atoms with Gasteiger partial charge in [-0.05, 0) is 53.9 Å². The predicted molar refractivity (Wildman–Crippen MR) is 116 cm³/mol. The van der Waals surface area contributed by atoms with Crippen molar-refractivity contribution in [1.29, 1.82) is 0 Å². The summed E-state index contributed by atoms with van der Waals surface area (Å²) in [6.45, 7) is 0. The van der Waals surface area contributed by atoms with Gasteiger partial charge >= 0.3 is 0 Å². The van der Waals surface area contributed by atoms with Crippen LogP contribution in [0.25, 0.3) is 0 Å². The van der Waals surface area contributed by atoms with Gasteiger partial charge in [0.2, 0.25) is 0 Å². The zero-order valence-electron chi connectivity index (χ0n) is 16.2. The molecule has 140 valence electrons. The first-order valence-corrected chi connectivity index (χ1v) is 10.9. The Hall–Kier alpha value is -2.54. The Morgan fingerprint density at radius 1 is 0.643 bits per heavy atom. The third-order valence-corrected chi connectivity index (χ3v) is 7.58. The van der Waals surface area contributed by atoms with Gasteiger partial charge in [0.05, 0.1) is 6.04 Å². The topological polar surface area (TPSA) is 3.24 Å². The van der Waals surface area contributed by atoms with Gasteiger partial charge < -0.3 is 4.90 Å². The van der Waals surface area contributed by atoms with Crippen molar-refractivity contribution in [2.24, 2.45) is 5.92 Å². The quantitative estimate of drug-likeness (QED) is 0.489. The fraction of sp³-hybridized carbons (Fsp3) is 0.333. The van der Waals surface area contributed by atoms with Crippen molar-refractivity contribution in [3.05, 3.63) is 102 Å². The van der Waals surface area contributed by atoms with E-state index in [1.54, 1.807) is 11.1 Å². The Kier molecular flexibility index (Phi) is 3.82. The first kappa shape index (κ1) is 16.4. The van der Waals surface area contributed by atoms with E-state index in [1.165, 1.54) is 36.9 Å². The van der Waals surface area contributed by atoms with E-state index in [9.17, 15) is 0 Å². The highest BCUT2D eigenvalue weighted by Gasteiger charge is 2.53. The molecule has 3 aliphatic rings. The van der Waals surface area contributed by atoms with Crippen LogP contribution in [0, 0.1) is 5.92 Å². The van der Waals surface area contributed by atoms with Crippen LogP contribution >= 0.6 is 0 Å². The summed E-state index contributed by atoms with van der Waals surface area (Å²) in [7, 11) is 0. The van der Waals surface area contributed by atoms with Crippen molar-refractivity contribution < 1.29 is 0 Å². The zero-order valence-corrected chi connectivity index (χ0v) is 16.2. The van der Waals surface area contributed by atoms with Gasteiger partial charge in [-0.1, -0.05) is 85.3 Å². The Morgan fingerprint density at radius 3 is 2.11 bits per heavy atom. The van der Waals surface area contributed by atoms with Crippen LogP contribution in [0.15, 0.2) is 84.9 Å². The SMILES string of the molecule is c1ccc([C@H]2C[C@@H](c3ccccc3)N3c4ccccc4[C@H]4CCC[C@H]2[C@@H]43)cc1. The van der Waals surface area contributed by atoms with Gasteiger partial charge in [-0.3, -0.25) is 0 Å². The molecule has 0 spiro atoms. The molecule has 0 unspecified atom stereocenters. The van der Waals surface area contributed by atoms with E-state index in [1.807, 2.05) is 0 Å².